The highest BCUT2D eigenvalue weighted by molar-refractivity contribution is 5.70. The quantitative estimate of drug-likeness (QED) is 0.681. The normalized spacial score (nSPS) is 13.2. The summed E-state index contributed by atoms with van der Waals surface area (Å²) in [6, 6.07) is 0.720. The molecule has 7 heteroatoms. The first kappa shape index (κ1) is 15.4. The van der Waals surface area contributed by atoms with Gasteiger partial charge in [0.2, 0.25) is 0 Å². The Morgan fingerprint density at radius 1 is 1.42 bits per heavy atom. The first-order chi connectivity index (χ1) is 8.75. The summed E-state index contributed by atoms with van der Waals surface area (Å²) in [5.41, 5.74) is 4.02. The van der Waals surface area contributed by atoms with Gasteiger partial charge in [0, 0.05) is 6.04 Å². The molecule has 0 aromatic heterocycles. The molecule has 0 aliphatic heterocycles. The van der Waals surface area contributed by atoms with Gasteiger partial charge in [-0.1, -0.05) is 0 Å². The van der Waals surface area contributed by atoms with E-state index < -0.39 is 41.6 Å². The Labute approximate surface area is 107 Å². The van der Waals surface area contributed by atoms with Crippen molar-refractivity contribution >= 4 is 5.97 Å². The molecule has 0 spiro atoms. The highest BCUT2D eigenvalue weighted by atomic mass is 19.4. The summed E-state index contributed by atoms with van der Waals surface area (Å²) in [7, 11) is 0. The van der Waals surface area contributed by atoms with E-state index in [1.165, 1.54) is 0 Å². The predicted molar refractivity (Wildman–Crippen MR) is 59.6 cm³/mol. The van der Waals surface area contributed by atoms with E-state index in [2.05, 4.69) is 4.74 Å². The van der Waals surface area contributed by atoms with E-state index >= 15 is 0 Å². The minimum atomic E-state index is -4.66. The number of rotatable bonds is 4. The van der Waals surface area contributed by atoms with Gasteiger partial charge in [-0.15, -0.1) is 0 Å². The topological polar surface area (TPSA) is 52.3 Å². The van der Waals surface area contributed by atoms with E-state index in [0.717, 1.165) is 0 Å². The molecule has 0 fully saturated rings. The summed E-state index contributed by atoms with van der Waals surface area (Å²) in [6.07, 6.45) is -5.10. The number of carbonyl (C=O) groups excluding carboxylic acids is 1. The lowest BCUT2D eigenvalue weighted by atomic mass is 9.98. The lowest BCUT2D eigenvalue weighted by Crippen LogP contribution is -2.21. The van der Waals surface area contributed by atoms with Crippen LogP contribution in [0.3, 0.4) is 0 Å². The summed E-state index contributed by atoms with van der Waals surface area (Å²) in [5.74, 6) is -1.57. The van der Waals surface area contributed by atoms with Crippen LogP contribution in [-0.4, -0.2) is 12.6 Å². The Balaban J connectivity index is 3.04. The lowest BCUT2D eigenvalue weighted by molar-refractivity contribution is -0.144. The Bertz CT molecular complexity index is 460. The highest BCUT2D eigenvalue weighted by Gasteiger charge is 2.35. The maximum Gasteiger partial charge on any atom is 0.416 e. The summed E-state index contributed by atoms with van der Waals surface area (Å²) in [5, 5.41) is 0. The molecule has 3 nitrogen and oxygen atoms in total. The molecular formula is C12H13F4NO2. The number of carbonyl (C=O) groups is 1. The molecule has 1 aromatic carbocycles. The Hall–Kier alpha value is -1.63. The fourth-order valence-corrected chi connectivity index (χ4v) is 1.61. The van der Waals surface area contributed by atoms with Crippen molar-refractivity contribution in [1.82, 2.24) is 0 Å². The number of esters is 1. The smallest absolute Gasteiger partial charge is 0.416 e. The second-order valence-electron chi connectivity index (χ2n) is 3.84. The van der Waals surface area contributed by atoms with Crippen LogP contribution in [0.2, 0.25) is 0 Å². The van der Waals surface area contributed by atoms with Crippen LogP contribution in [0.1, 0.15) is 30.5 Å². The van der Waals surface area contributed by atoms with Crippen LogP contribution >= 0.6 is 0 Å². The van der Waals surface area contributed by atoms with E-state index in [1.54, 1.807) is 6.92 Å². The van der Waals surface area contributed by atoms with Crippen LogP contribution in [0.4, 0.5) is 17.6 Å². The minimum absolute atomic E-state index is 0.0980. The largest absolute Gasteiger partial charge is 0.466 e. The second kappa shape index (κ2) is 6.01. The van der Waals surface area contributed by atoms with Crippen LogP contribution in [0.5, 0.6) is 0 Å². The number of ether oxygens (including phenoxy) is 1. The van der Waals surface area contributed by atoms with Crippen LogP contribution in [0.25, 0.3) is 0 Å². The van der Waals surface area contributed by atoms with Gasteiger partial charge in [0.1, 0.15) is 5.82 Å². The van der Waals surface area contributed by atoms with Crippen molar-refractivity contribution in [3.8, 4) is 0 Å². The fraction of sp³-hybridized carbons (Fsp3) is 0.417. The van der Waals surface area contributed by atoms with E-state index in [-0.39, 0.29) is 6.61 Å². The molecule has 19 heavy (non-hydrogen) atoms. The van der Waals surface area contributed by atoms with Gasteiger partial charge in [0.15, 0.2) is 0 Å². The first-order valence-electron chi connectivity index (χ1n) is 5.53. The van der Waals surface area contributed by atoms with Crippen molar-refractivity contribution in [2.24, 2.45) is 5.73 Å². The van der Waals surface area contributed by atoms with Crippen LogP contribution < -0.4 is 5.73 Å². The average Bonchev–Trinajstić information content (AvgIpc) is 2.27. The molecule has 0 bridgehead atoms. The number of nitrogens with two attached hydrogens (primary N) is 1. The van der Waals surface area contributed by atoms with Gasteiger partial charge in [0.25, 0.3) is 0 Å². The van der Waals surface area contributed by atoms with E-state index in [9.17, 15) is 22.4 Å². The van der Waals surface area contributed by atoms with Crippen LogP contribution in [0, 0.1) is 5.82 Å². The second-order valence-corrected chi connectivity index (χ2v) is 3.84. The van der Waals surface area contributed by atoms with E-state index in [4.69, 9.17) is 5.73 Å². The minimum Gasteiger partial charge on any atom is -0.466 e. The highest BCUT2D eigenvalue weighted by Crippen LogP contribution is 2.35. The third-order valence-corrected chi connectivity index (χ3v) is 2.41. The molecule has 1 rings (SSSR count). The summed E-state index contributed by atoms with van der Waals surface area (Å²) < 4.78 is 55.8. The molecule has 0 saturated carbocycles. The first-order valence-corrected chi connectivity index (χ1v) is 5.53. The maximum atomic E-state index is 13.0. The van der Waals surface area contributed by atoms with Gasteiger partial charge < -0.3 is 10.5 Å². The summed E-state index contributed by atoms with van der Waals surface area (Å²) in [6.45, 7) is 1.66. The predicted octanol–water partition coefficient (Wildman–Crippen LogP) is 2.80. The average molecular weight is 279 g/mol. The number of halogens is 4. The van der Waals surface area contributed by atoms with Gasteiger partial charge in [0.05, 0.1) is 18.6 Å². The zero-order valence-corrected chi connectivity index (χ0v) is 10.1. The lowest BCUT2D eigenvalue weighted by Gasteiger charge is -2.17. The molecule has 2 N–H and O–H groups in total. The number of hydrogen-bond acceptors (Lipinski definition) is 3. The van der Waals surface area contributed by atoms with Gasteiger partial charge in [-0.05, 0) is 30.7 Å². The standard InChI is InChI=1S/C12H13F4NO2/c1-2-19-11(18)6-10(17)8-5-7(13)3-4-9(8)12(14,15)16/h3-5,10H,2,6,17H2,1H3/t10-/m1/s1. The van der Waals surface area contributed by atoms with Crippen molar-refractivity contribution in [1.29, 1.82) is 0 Å². The van der Waals surface area contributed by atoms with Crippen LogP contribution in [0.15, 0.2) is 18.2 Å². The molecule has 0 heterocycles. The van der Waals surface area contributed by atoms with Crippen LogP contribution in [-0.2, 0) is 15.7 Å². The molecule has 0 aliphatic carbocycles. The SMILES string of the molecule is CCOC(=O)C[C@@H](N)c1cc(F)ccc1C(F)(F)F. The third kappa shape index (κ3) is 4.20. The number of benzene rings is 1. The zero-order chi connectivity index (χ0) is 14.6. The summed E-state index contributed by atoms with van der Waals surface area (Å²) in [4.78, 5) is 11.2. The molecule has 1 aromatic rings. The van der Waals surface area contributed by atoms with Gasteiger partial charge >= 0.3 is 12.1 Å². The molecular weight excluding hydrogens is 266 g/mol. The van der Waals surface area contributed by atoms with Crippen molar-refractivity contribution in [2.45, 2.75) is 25.6 Å². The molecule has 0 radical (unpaired) electrons. The summed E-state index contributed by atoms with van der Waals surface area (Å²) >= 11 is 0. The Morgan fingerprint density at radius 2 is 2.05 bits per heavy atom. The fourth-order valence-electron chi connectivity index (χ4n) is 1.61. The third-order valence-electron chi connectivity index (χ3n) is 2.41. The molecule has 0 amide bonds. The maximum absolute atomic E-state index is 13.0. The Kier molecular flexibility index (Phi) is 4.88. The van der Waals surface area contributed by atoms with E-state index in [0.29, 0.717) is 18.2 Å². The van der Waals surface area contributed by atoms with Gasteiger partial charge in [-0.25, -0.2) is 4.39 Å². The number of alkyl halides is 3. The monoisotopic (exact) mass is 279 g/mol. The van der Waals surface area contributed by atoms with Crippen molar-refractivity contribution in [3.05, 3.63) is 35.1 Å². The van der Waals surface area contributed by atoms with E-state index in [1.807, 2.05) is 0 Å². The molecule has 1 atom stereocenters. The Morgan fingerprint density at radius 3 is 2.58 bits per heavy atom. The molecule has 106 valence electrons. The van der Waals surface area contributed by atoms with Gasteiger partial charge in [-0.3, -0.25) is 4.79 Å². The van der Waals surface area contributed by atoms with Crippen molar-refractivity contribution < 1.29 is 27.1 Å². The zero-order valence-electron chi connectivity index (χ0n) is 10.1. The molecule has 0 saturated heterocycles. The van der Waals surface area contributed by atoms with Gasteiger partial charge in [-0.2, -0.15) is 13.2 Å². The van der Waals surface area contributed by atoms with Crippen molar-refractivity contribution in [2.75, 3.05) is 6.61 Å². The molecule has 0 unspecified atom stereocenters. The molecule has 0 aliphatic rings. The van der Waals surface area contributed by atoms with Crippen molar-refractivity contribution in [3.63, 3.8) is 0 Å². The number of hydrogen-bond donors (Lipinski definition) is 1.